The summed E-state index contributed by atoms with van der Waals surface area (Å²) in [5.74, 6) is 0. The van der Waals surface area contributed by atoms with Gasteiger partial charge in [0.1, 0.15) is 0 Å². The summed E-state index contributed by atoms with van der Waals surface area (Å²) in [5, 5.41) is 0. The molecule has 0 aliphatic rings. The molecule has 0 spiro atoms. The standard InChI is InChI=1S/C20H39/c1-5-6-7-8-9-10-11-12-13-14-15-16-17-18-19-20(2,3)4/h12-13H,2,5-11,14-19H2,1,3-4H3. The van der Waals surface area contributed by atoms with Crippen LogP contribution in [0.3, 0.4) is 0 Å². The molecule has 1 radical (unpaired) electrons. The average molecular weight is 280 g/mol. The van der Waals surface area contributed by atoms with Gasteiger partial charge in [0.15, 0.2) is 0 Å². The molecule has 119 valence electrons. The fourth-order valence-corrected chi connectivity index (χ4v) is 2.50. The lowest BCUT2D eigenvalue weighted by atomic mass is 9.89. The van der Waals surface area contributed by atoms with E-state index < -0.39 is 0 Å². The van der Waals surface area contributed by atoms with Crippen molar-refractivity contribution in [1.82, 2.24) is 0 Å². The van der Waals surface area contributed by atoms with E-state index in [0.29, 0.717) is 0 Å². The van der Waals surface area contributed by atoms with Gasteiger partial charge in [-0.3, -0.25) is 0 Å². The van der Waals surface area contributed by atoms with Gasteiger partial charge in [0.25, 0.3) is 0 Å². The number of hydrogen-bond donors (Lipinski definition) is 0. The molecule has 0 heteroatoms. The molecule has 0 aromatic carbocycles. The first-order valence-corrected chi connectivity index (χ1v) is 9.06. The van der Waals surface area contributed by atoms with Crippen LogP contribution in [0.2, 0.25) is 0 Å². The zero-order chi connectivity index (χ0) is 15.1. The smallest absolute Gasteiger partial charge is 0.0351 e. The SMILES string of the molecule is [CH2]C(C)(C)CCCCCCC=CCCCCCCCC. The van der Waals surface area contributed by atoms with Crippen LogP contribution in [-0.2, 0) is 0 Å². The summed E-state index contributed by atoms with van der Waals surface area (Å²) in [7, 11) is 0. The normalized spacial score (nSPS) is 12.4. The van der Waals surface area contributed by atoms with E-state index in [-0.39, 0.29) is 5.41 Å². The van der Waals surface area contributed by atoms with E-state index in [4.69, 9.17) is 0 Å². The molecule has 0 saturated heterocycles. The summed E-state index contributed by atoms with van der Waals surface area (Å²) < 4.78 is 0. The van der Waals surface area contributed by atoms with Gasteiger partial charge in [0, 0.05) is 0 Å². The van der Waals surface area contributed by atoms with Crippen molar-refractivity contribution in [2.24, 2.45) is 5.41 Å². The highest BCUT2D eigenvalue weighted by Crippen LogP contribution is 2.22. The monoisotopic (exact) mass is 279 g/mol. The summed E-state index contributed by atoms with van der Waals surface area (Å²) >= 11 is 0. The van der Waals surface area contributed by atoms with E-state index >= 15 is 0 Å². The van der Waals surface area contributed by atoms with Crippen molar-refractivity contribution in [3.05, 3.63) is 19.1 Å². The highest BCUT2D eigenvalue weighted by atomic mass is 14.1. The molecule has 0 heterocycles. The first kappa shape index (κ1) is 19.7. The maximum Gasteiger partial charge on any atom is -0.0351 e. The predicted octanol–water partition coefficient (Wildman–Crippen LogP) is 7.49. The Hall–Kier alpha value is -0.260. The van der Waals surface area contributed by atoms with Gasteiger partial charge in [-0.05, 0) is 44.4 Å². The van der Waals surface area contributed by atoms with Crippen LogP contribution in [0.5, 0.6) is 0 Å². The zero-order valence-corrected chi connectivity index (χ0v) is 14.6. The van der Waals surface area contributed by atoms with Gasteiger partial charge in [-0.15, -0.1) is 0 Å². The molecule has 0 rings (SSSR count). The summed E-state index contributed by atoms with van der Waals surface area (Å²) in [4.78, 5) is 0. The topological polar surface area (TPSA) is 0 Å². The largest absolute Gasteiger partial charge is 0.0885 e. The molecule has 0 aromatic rings. The van der Waals surface area contributed by atoms with Gasteiger partial charge in [0.2, 0.25) is 0 Å². The molecule has 0 aliphatic heterocycles. The minimum Gasteiger partial charge on any atom is -0.0885 e. The molecule has 0 N–H and O–H groups in total. The Labute approximate surface area is 129 Å². The molecule has 0 aromatic heterocycles. The number of unbranched alkanes of at least 4 members (excludes halogenated alkanes) is 10. The summed E-state index contributed by atoms with van der Waals surface area (Å²) in [6.45, 7) is 10.9. The number of allylic oxidation sites excluding steroid dienone is 2. The van der Waals surface area contributed by atoms with Gasteiger partial charge in [-0.25, -0.2) is 0 Å². The molecule has 0 atom stereocenters. The maximum atomic E-state index is 4.16. The Morgan fingerprint density at radius 2 is 1.15 bits per heavy atom. The Bertz CT molecular complexity index is 207. The van der Waals surface area contributed by atoms with Crippen LogP contribution in [0.1, 0.15) is 104 Å². The van der Waals surface area contributed by atoms with Gasteiger partial charge < -0.3 is 0 Å². The van der Waals surface area contributed by atoms with E-state index in [1.807, 2.05) is 0 Å². The van der Waals surface area contributed by atoms with Crippen molar-refractivity contribution in [2.75, 3.05) is 0 Å². The zero-order valence-electron chi connectivity index (χ0n) is 14.6. The number of hydrogen-bond acceptors (Lipinski definition) is 0. The Morgan fingerprint density at radius 1 is 0.700 bits per heavy atom. The molecule has 0 bridgehead atoms. The van der Waals surface area contributed by atoms with Crippen molar-refractivity contribution in [3.8, 4) is 0 Å². The fourth-order valence-electron chi connectivity index (χ4n) is 2.50. The summed E-state index contributed by atoms with van der Waals surface area (Å²) in [6, 6.07) is 0. The molecule has 20 heavy (non-hydrogen) atoms. The second-order valence-electron chi connectivity index (χ2n) is 7.14. The van der Waals surface area contributed by atoms with Crippen LogP contribution in [0, 0.1) is 12.3 Å². The summed E-state index contributed by atoms with van der Waals surface area (Å²) in [5.41, 5.74) is 0.275. The lowest BCUT2D eigenvalue weighted by molar-refractivity contribution is 0.405. The predicted molar refractivity (Wildman–Crippen MR) is 94.0 cm³/mol. The van der Waals surface area contributed by atoms with E-state index in [2.05, 4.69) is 39.8 Å². The molecule has 0 saturated carbocycles. The van der Waals surface area contributed by atoms with E-state index in [1.165, 1.54) is 83.5 Å². The molecular formula is C20H39. The third-order valence-corrected chi connectivity index (χ3v) is 3.87. The third kappa shape index (κ3) is 17.7. The van der Waals surface area contributed by atoms with Crippen LogP contribution in [0.15, 0.2) is 12.2 Å². The van der Waals surface area contributed by atoms with Gasteiger partial charge in [0.05, 0.1) is 0 Å². The average Bonchev–Trinajstić information content (AvgIpc) is 2.38. The van der Waals surface area contributed by atoms with Crippen molar-refractivity contribution in [3.63, 3.8) is 0 Å². The Balaban J connectivity index is 3.13. The van der Waals surface area contributed by atoms with Crippen molar-refractivity contribution in [1.29, 1.82) is 0 Å². The van der Waals surface area contributed by atoms with Crippen molar-refractivity contribution in [2.45, 2.75) is 104 Å². The van der Waals surface area contributed by atoms with Crippen molar-refractivity contribution < 1.29 is 0 Å². The highest BCUT2D eigenvalue weighted by molar-refractivity contribution is 4.81. The first-order valence-electron chi connectivity index (χ1n) is 9.06. The second-order valence-corrected chi connectivity index (χ2v) is 7.14. The van der Waals surface area contributed by atoms with E-state index in [1.54, 1.807) is 0 Å². The lowest BCUT2D eigenvalue weighted by Crippen LogP contribution is -2.04. The Morgan fingerprint density at radius 3 is 1.65 bits per heavy atom. The third-order valence-electron chi connectivity index (χ3n) is 3.87. The number of rotatable bonds is 14. The fraction of sp³-hybridized carbons (Fsp3) is 0.850. The highest BCUT2D eigenvalue weighted by Gasteiger charge is 2.08. The van der Waals surface area contributed by atoms with Gasteiger partial charge in [-0.2, -0.15) is 0 Å². The maximum absolute atomic E-state index is 4.16. The summed E-state index contributed by atoms with van der Waals surface area (Å²) in [6.07, 6.45) is 22.6. The van der Waals surface area contributed by atoms with Crippen LogP contribution < -0.4 is 0 Å². The first-order chi connectivity index (χ1) is 9.56. The lowest BCUT2D eigenvalue weighted by Gasteiger charge is -2.17. The van der Waals surface area contributed by atoms with E-state index in [0.717, 1.165) is 0 Å². The molecule has 0 nitrogen and oxygen atoms in total. The van der Waals surface area contributed by atoms with Crippen LogP contribution in [-0.4, -0.2) is 0 Å². The van der Waals surface area contributed by atoms with Gasteiger partial charge >= 0.3 is 0 Å². The van der Waals surface area contributed by atoms with Crippen molar-refractivity contribution >= 4 is 0 Å². The van der Waals surface area contributed by atoms with Gasteiger partial charge in [-0.1, -0.05) is 84.3 Å². The molecule has 0 amide bonds. The quantitative estimate of drug-likeness (QED) is 0.228. The van der Waals surface area contributed by atoms with Crippen LogP contribution >= 0.6 is 0 Å². The Kier molecular flexibility index (Phi) is 13.5. The molecule has 0 fully saturated rings. The molecule has 0 unspecified atom stereocenters. The van der Waals surface area contributed by atoms with Crippen LogP contribution in [0.4, 0.5) is 0 Å². The van der Waals surface area contributed by atoms with E-state index in [9.17, 15) is 0 Å². The molecule has 0 aliphatic carbocycles. The minimum absolute atomic E-state index is 0.275. The van der Waals surface area contributed by atoms with Crippen LogP contribution in [0.25, 0.3) is 0 Å². The second kappa shape index (κ2) is 13.7. The minimum atomic E-state index is 0.275. The molecular weight excluding hydrogens is 240 g/mol.